The number of nitrogens with zero attached hydrogens (tertiary/aromatic N) is 2. The largest absolute Gasteiger partial charge is 0.338 e. The van der Waals surface area contributed by atoms with Gasteiger partial charge in [-0.2, -0.15) is 0 Å². The van der Waals surface area contributed by atoms with Crippen LogP contribution in [0.25, 0.3) is 0 Å². The number of likely N-dealkylation sites (tertiary alicyclic amines) is 1. The first-order chi connectivity index (χ1) is 13.5. The van der Waals surface area contributed by atoms with Crippen LogP contribution in [0.2, 0.25) is 10.0 Å². The van der Waals surface area contributed by atoms with Crippen molar-refractivity contribution in [3.8, 4) is 0 Å². The third kappa shape index (κ3) is 3.63. The second-order valence-electron chi connectivity index (χ2n) is 7.03. The van der Waals surface area contributed by atoms with Crippen LogP contribution >= 0.6 is 35.0 Å². The zero-order valence-electron chi connectivity index (χ0n) is 15.2. The van der Waals surface area contributed by atoms with Crippen LogP contribution in [-0.4, -0.2) is 51.9 Å². The summed E-state index contributed by atoms with van der Waals surface area (Å²) in [6, 6.07) is 14.2. The van der Waals surface area contributed by atoms with E-state index in [4.69, 9.17) is 23.2 Å². The van der Waals surface area contributed by atoms with Gasteiger partial charge in [-0.25, -0.2) is 0 Å². The van der Waals surface area contributed by atoms with E-state index in [0.717, 1.165) is 25.1 Å². The number of carbonyl (C=O) groups excluding carboxylic acids is 2. The van der Waals surface area contributed by atoms with Crippen LogP contribution in [0.3, 0.4) is 0 Å². The molecule has 28 heavy (non-hydrogen) atoms. The molecule has 1 spiro atoms. The highest BCUT2D eigenvalue weighted by Gasteiger charge is 2.47. The number of hydrogen-bond donors (Lipinski definition) is 0. The maximum Gasteiger partial charge on any atom is 0.255 e. The van der Waals surface area contributed by atoms with Gasteiger partial charge in [-0.05, 0) is 49.2 Å². The lowest BCUT2D eigenvalue weighted by Crippen LogP contribution is -2.53. The minimum atomic E-state index is -0.242. The van der Waals surface area contributed by atoms with Crippen molar-refractivity contribution >= 4 is 46.8 Å². The Morgan fingerprint density at radius 1 is 0.893 bits per heavy atom. The van der Waals surface area contributed by atoms with E-state index in [-0.39, 0.29) is 16.7 Å². The van der Waals surface area contributed by atoms with E-state index in [1.165, 1.54) is 0 Å². The molecule has 4 nitrogen and oxygen atoms in total. The van der Waals surface area contributed by atoms with Crippen molar-refractivity contribution in [1.29, 1.82) is 0 Å². The van der Waals surface area contributed by atoms with Crippen molar-refractivity contribution in [2.75, 3.05) is 25.4 Å². The van der Waals surface area contributed by atoms with Gasteiger partial charge in [-0.3, -0.25) is 9.59 Å². The lowest BCUT2D eigenvalue weighted by atomic mass is 10.00. The first-order valence-corrected chi connectivity index (χ1v) is 11.0. The topological polar surface area (TPSA) is 40.6 Å². The summed E-state index contributed by atoms with van der Waals surface area (Å²) in [6.07, 6.45) is 1.51. The number of hydrogen-bond acceptors (Lipinski definition) is 3. The fourth-order valence-electron chi connectivity index (χ4n) is 3.92. The first kappa shape index (κ1) is 19.6. The molecule has 2 fully saturated rings. The number of halogens is 2. The molecule has 2 aliphatic heterocycles. The maximum atomic E-state index is 13.1. The van der Waals surface area contributed by atoms with E-state index < -0.39 is 0 Å². The molecule has 0 N–H and O–H groups in total. The Kier molecular flexibility index (Phi) is 5.59. The minimum absolute atomic E-state index is 0.0348. The molecule has 0 aromatic heterocycles. The molecule has 2 amide bonds. The summed E-state index contributed by atoms with van der Waals surface area (Å²) in [5, 5.41) is 1.09. The SMILES string of the molecule is O=C(c1ccccc1Cl)N1CCC2(CC1)SCCN2C(=O)c1ccc(Cl)cc1. The normalized spacial score (nSPS) is 18.5. The molecule has 2 saturated heterocycles. The summed E-state index contributed by atoms with van der Waals surface area (Å²) < 4.78 is 0. The van der Waals surface area contributed by atoms with Gasteiger partial charge in [0.15, 0.2) is 0 Å². The van der Waals surface area contributed by atoms with Crippen LogP contribution in [0.15, 0.2) is 48.5 Å². The Morgan fingerprint density at radius 2 is 1.57 bits per heavy atom. The second kappa shape index (κ2) is 7.97. The van der Waals surface area contributed by atoms with Crippen LogP contribution in [0.5, 0.6) is 0 Å². The van der Waals surface area contributed by atoms with Gasteiger partial charge in [0.25, 0.3) is 11.8 Å². The van der Waals surface area contributed by atoms with Gasteiger partial charge in [0.1, 0.15) is 0 Å². The maximum absolute atomic E-state index is 13.1. The van der Waals surface area contributed by atoms with Crippen molar-refractivity contribution in [1.82, 2.24) is 9.80 Å². The molecule has 0 atom stereocenters. The number of thioether (sulfide) groups is 1. The summed E-state index contributed by atoms with van der Waals surface area (Å²) in [4.78, 5) is 29.5. The van der Waals surface area contributed by atoms with Crippen LogP contribution in [0, 0.1) is 0 Å². The quantitative estimate of drug-likeness (QED) is 0.680. The van der Waals surface area contributed by atoms with E-state index in [1.54, 1.807) is 36.4 Å². The van der Waals surface area contributed by atoms with Crippen molar-refractivity contribution in [3.63, 3.8) is 0 Å². The molecule has 0 radical (unpaired) electrons. The molecule has 2 heterocycles. The van der Waals surface area contributed by atoms with Gasteiger partial charge < -0.3 is 9.80 Å². The Labute approximate surface area is 178 Å². The molecule has 2 aromatic carbocycles. The smallest absolute Gasteiger partial charge is 0.255 e. The van der Waals surface area contributed by atoms with Crippen molar-refractivity contribution in [2.45, 2.75) is 17.7 Å². The third-order valence-electron chi connectivity index (χ3n) is 5.45. The molecular weight excluding hydrogens is 415 g/mol. The fraction of sp³-hybridized carbons (Fsp3) is 0.333. The van der Waals surface area contributed by atoms with E-state index in [0.29, 0.717) is 34.3 Å². The molecule has 0 saturated carbocycles. The second-order valence-corrected chi connectivity index (χ2v) is 9.33. The number of rotatable bonds is 2. The van der Waals surface area contributed by atoms with Crippen molar-refractivity contribution in [3.05, 3.63) is 69.7 Å². The molecule has 0 bridgehead atoms. The molecule has 0 unspecified atom stereocenters. The predicted molar refractivity (Wildman–Crippen MR) is 114 cm³/mol. The van der Waals surface area contributed by atoms with E-state index in [9.17, 15) is 9.59 Å². The Hall–Kier alpha value is -1.69. The zero-order valence-corrected chi connectivity index (χ0v) is 17.6. The number of carbonyl (C=O) groups is 2. The highest BCUT2D eigenvalue weighted by Crippen LogP contribution is 2.44. The molecule has 4 rings (SSSR count). The van der Waals surface area contributed by atoms with Gasteiger partial charge >= 0.3 is 0 Å². The van der Waals surface area contributed by atoms with Gasteiger partial charge in [0, 0.05) is 36.0 Å². The van der Waals surface area contributed by atoms with Gasteiger partial charge in [0.05, 0.1) is 15.5 Å². The number of amides is 2. The highest BCUT2D eigenvalue weighted by atomic mass is 35.5. The van der Waals surface area contributed by atoms with Crippen LogP contribution in [0.4, 0.5) is 0 Å². The monoisotopic (exact) mass is 434 g/mol. The Morgan fingerprint density at radius 3 is 2.25 bits per heavy atom. The third-order valence-corrected chi connectivity index (χ3v) is 7.58. The van der Waals surface area contributed by atoms with Crippen LogP contribution in [-0.2, 0) is 0 Å². The predicted octanol–water partition coefficient (Wildman–Crippen LogP) is 4.81. The summed E-state index contributed by atoms with van der Waals surface area (Å²) in [6.45, 7) is 1.95. The number of piperidine rings is 1. The summed E-state index contributed by atoms with van der Waals surface area (Å²) in [7, 11) is 0. The minimum Gasteiger partial charge on any atom is -0.338 e. The van der Waals surface area contributed by atoms with Gasteiger partial charge in [-0.1, -0.05) is 35.3 Å². The molecule has 146 valence electrons. The van der Waals surface area contributed by atoms with Gasteiger partial charge in [0.2, 0.25) is 0 Å². The number of benzene rings is 2. The van der Waals surface area contributed by atoms with E-state index in [1.807, 2.05) is 33.7 Å². The van der Waals surface area contributed by atoms with Crippen LogP contribution < -0.4 is 0 Å². The molecular formula is C21H20Cl2N2O2S. The lowest BCUT2D eigenvalue weighted by molar-refractivity contribution is 0.0498. The first-order valence-electron chi connectivity index (χ1n) is 9.25. The van der Waals surface area contributed by atoms with Crippen molar-refractivity contribution in [2.24, 2.45) is 0 Å². The van der Waals surface area contributed by atoms with Crippen molar-refractivity contribution < 1.29 is 9.59 Å². The van der Waals surface area contributed by atoms with Crippen LogP contribution in [0.1, 0.15) is 33.6 Å². The zero-order chi connectivity index (χ0) is 19.7. The van der Waals surface area contributed by atoms with E-state index >= 15 is 0 Å². The van der Waals surface area contributed by atoms with E-state index in [2.05, 4.69) is 0 Å². The molecule has 2 aromatic rings. The highest BCUT2D eigenvalue weighted by molar-refractivity contribution is 8.00. The Bertz CT molecular complexity index is 896. The van der Waals surface area contributed by atoms with Gasteiger partial charge in [-0.15, -0.1) is 11.8 Å². The lowest BCUT2D eigenvalue weighted by Gasteiger charge is -2.44. The average molecular weight is 435 g/mol. The summed E-state index contributed by atoms with van der Waals surface area (Å²) >= 11 is 14.0. The average Bonchev–Trinajstić information content (AvgIpc) is 3.11. The molecule has 0 aliphatic carbocycles. The molecule has 7 heteroatoms. The summed E-state index contributed by atoms with van der Waals surface area (Å²) in [5.41, 5.74) is 1.19. The molecule has 2 aliphatic rings. The Balaban J connectivity index is 1.48. The summed E-state index contributed by atoms with van der Waals surface area (Å²) in [5.74, 6) is 0.907. The standard InChI is InChI=1S/C21H20Cl2N2O2S/c22-16-7-5-15(6-8-16)19(26)25-13-14-28-21(25)9-11-24(12-10-21)20(27)17-3-1-2-4-18(17)23/h1-8H,9-14H2. The fourth-order valence-corrected chi connectivity index (χ4v) is 5.72.